The van der Waals surface area contributed by atoms with Crippen LogP contribution in [0.5, 0.6) is 17.2 Å². The first kappa shape index (κ1) is 17.4. The van der Waals surface area contributed by atoms with Crippen molar-refractivity contribution < 1.29 is 14.2 Å². The Hall–Kier alpha value is -2.47. The SMILES string of the molecule is CCN(C[C@@H]1COc2ccccc2O1)C(=S)Nc1cccc(OC)c1. The van der Waals surface area contributed by atoms with Crippen LogP contribution in [-0.2, 0) is 0 Å². The Morgan fingerprint density at radius 1 is 1.24 bits per heavy atom. The molecule has 0 saturated heterocycles. The van der Waals surface area contributed by atoms with E-state index in [4.69, 9.17) is 26.4 Å². The Kier molecular flexibility index (Phi) is 5.60. The van der Waals surface area contributed by atoms with Gasteiger partial charge in [0.1, 0.15) is 12.4 Å². The topological polar surface area (TPSA) is 43.0 Å². The number of hydrogen-bond acceptors (Lipinski definition) is 4. The van der Waals surface area contributed by atoms with Crippen LogP contribution in [0.3, 0.4) is 0 Å². The quantitative estimate of drug-likeness (QED) is 0.825. The highest BCUT2D eigenvalue weighted by atomic mass is 32.1. The molecule has 0 unspecified atom stereocenters. The lowest BCUT2D eigenvalue weighted by molar-refractivity contribution is 0.0754. The number of para-hydroxylation sites is 2. The molecular weight excluding hydrogens is 336 g/mol. The first-order chi connectivity index (χ1) is 12.2. The molecule has 1 aliphatic rings. The van der Waals surface area contributed by atoms with Gasteiger partial charge in [-0.2, -0.15) is 0 Å². The molecule has 0 fully saturated rings. The molecule has 3 rings (SSSR count). The van der Waals surface area contributed by atoms with Crippen LogP contribution in [0.2, 0.25) is 0 Å². The second kappa shape index (κ2) is 8.07. The lowest BCUT2D eigenvalue weighted by atomic mass is 10.2. The maximum Gasteiger partial charge on any atom is 0.173 e. The van der Waals surface area contributed by atoms with Crippen LogP contribution < -0.4 is 19.5 Å². The second-order valence-electron chi connectivity index (χ2n) is 5.70. The molecule has 2 aromatic carbocycles. The van der Waals surface area contributed by atoms with Crippen molar-refractivity contribution in [1.29, 1.82) is 0 Å². The summed E-state index contributed by atoms with van der Waals surface area (Å²) in [4.78, 5) is 2.07. The number of benzene rings is 2. The largest absolute Gasteiger partial charge is 0.497 e. The second-order valence-corrected chi connectivity index (χ2v) is 6.09. The minimum absolute atomic E-state index is 0.0695. The van der Waals surface area contributed by atoms with Crippen molar-refractivity contribution in [2.75, 3.05) is 32.1 Å². The number of rotatable bonds is 5. The van der Waals surface area contributed by atoms with E-state index in [1.54, 1.807) is 7.11 Å². The molecule has 0 amide bonds. The van der Waals surface area contributed by atoms with Crippen LogP contribution in [0.1, 0.15) is 6.92 Å². The van der Waals surface area contributed by atoms with Crippen molar-refractivity contribution in [3.05, 3.63) is 48.5 Å². The van der Waals surface area contributed by atoms with E-state index in [1.165, 1.54) is 0 Å². The Morgan fingerprint density at radius 3 is 2.80 bits per heavy atom. The number of nitrogens with zero attached hydrogens (tertiary/aromatic N) is 1. The van der Waals surface area contributed by atoms with E-state index in [1.807, 2.05) is 48.5 Å². The summed E-state index contributed by atoms with van der Waals surface area (Å²) in [5.74, 6) is 2.36. The third-order valence-corrected chi connectivity index (χ3v) is 4.34. The number of nitrogens with one attached hydrogen (secondary N) is 1. The van der Waals surface area contributed by atoms with Crippen LogP contribution in [-0.4, -0.2) is 42.9 Å². The molecule has 0 aromatic heterocycles. The van der Waals surface area contributed by atoms with Crippen molar-refractivity contribution in [1.82, 2.24) is 4.90 Å². The summed E-state index contributed by atoms with van der Waals surface area (Å²) in [5.41, 5.74) is 0.897. The maximum atomic E-state index is 6.03. The number of methoxy groups -OCH3 is 1. The van der Waals surface area contributed by atoms with Gasteiger partial charge in [-0.1, -0.05) is 18.2 Å². The highest BCUT2D eigenvalue weighted by molar-refractivity contribution is 7.80. The van der Waals surface area contributed by atoms with E-state index in [-0.39, 0.29) is 6.10 Å². The van der Waals surface area contributed by atoms with Crippen molar-refractivity contribution >= 4 is 23.0 Å². The zero-order valence-corrected chi connectivity index (χ0v) is 15.2. The molecule has 2 aromatic rings. The molecule has 1 atom stereocenters. The molecule has 6 heteroatoms. The van der Waals surface area contributed by atoms with Gasteiger partial charge in [-0.15, -0.1) is 0 Å². The fourth-order valence-electron chi connectivity index (χ4n) is 2.66. The number of likely N-dealkylation sites (N-methyl/N-ethyl adjacent to an activating group) is 1. The predicted molar refractivity (Wildman–Crippen MR) is 103 cm³/mol. The summed E-state index contributed by atoms with van der Waals surface area (Å²) >= 11 is 5.56. The van der Waals surface area contributed by atoms with Gasteiger partial charge in [0.25, 0.3) is 0 Å². The van der Waals surface area contributed by atoms with Gasteiger partial charge in [0.2, 0.25) is 0 Å². The minimum atomic E-state index is -0.0695. The third kappa shape index (κ3) is 4.33. The fourth-order valence-corrected chi connectivity index (χ4v) is 2.98. The average molecular weight is 358 g/mol. The van der Waals surface area contributed by atoms with Gasteiger partial charge in [0, 0.05) is 18.3 Å². The van der Waals surface area contributed by atoms with Crippen molar-refractivity contribution in [3.63, 3.8) is 0 Å². The highest BCUT2D eigenvalue weighted by Crippen LogP contribution is 2.31. The lowest BCUT2D eigenvalue weighted by Gasteiger charge is -2.32. The molecule has 5 nitrogen and oxygen atoms in total. The van der Waals surface area contributed by atoms with E-state index in [0.717, 1.165) is 29.5 Å². The Morgan fingerprint density at radius 2 is 2.04 bits per heavy atom. The Balaban J connectivity index is 1.61. The fraction of sp³-hybridized carbons (Fsp3) is 0.316. The molecule has 132 valence electrons. The van der Waals surface area contributed by atoms with Crippen molar-refractivity contribution in [2.45, 2.75) is 13.0 Å². The zero-order valence-electron chi connectivity index (χ0n) is 14.4. The monoisotopic (exact) mass is 358 g/mol. The van der Waals surface area contributed by atoms with Crippen LogP contribution >= 0.6 is 12.2 Å². The molecule has 1 N–H and O–H groups in total. The number of fused-ring (bicyclic) bond motifs is 1. The summed E-state index contributed by atoms with van der Waals surface area (Å²) in [6.07, 6.45) is -0.0695. The van der Waals surface area contributed by atoms with E-state index in [2.05, 4.69) is 17.1 Å². The van der Waals surface area contributed by atoms with Gasteiger partial charge in [-0.3, -0.25) is 0 Å². The number of ether oxygens (including phenoxy) is 3. The molecule has 0 spiro atoms. The third-order valence-electron chi connectivity index (χ3n) is 3.98. The van der Waals surface area contributed by atoms with Gasteiger partial charge in [-0.05, 0) is 43.4 Å². The van der Waals surface area contributed by atoms with Crippen LogP contribution in [0.15, 0.2) is 48.5 Å². The standard InChI is InChI=1S/C19H22N2O3S/c1-3-21(19(25)20-14-7-6-8-15(11-14)22-2)12-16-13-23-17-9-4-5-10-18(17)24-16/h4-11,16H,3,12-13H2,1-2H3,(H,20,25)/t16-/m1/s1. The van der Waals surface area contributed by atoms with Gasteiger partial charge in [0.15, 0.2) is 22.7 Å². The van der Waals surface area contributed by atoms with E-state index >= 15 is 0 Å². The molecule has 1 heterocycles. The van der Waals surface area contributed by atoms with E-state index in [9.17, 15) is 0 Å². The molecule has 0 aliphatic carbocycles. The van der Waals surface area contributed by atoms with Gasteiger partial charge in [0.05, 0.1) is 13.7 Å². The van der Waals surface area contributed by atoms with Crippen LogP contribution in [0.25, 0.3) is 0 Å². The number of thiocarbonyl (C=S) groups is 1. The summed E-state index contributed by atoms with van der Waals surface area (Å²) < 4.78 is 17.0. The van der Waals surface area contributed by atoms with Crippen molar-refractivity contribution in [2.24, 2.45) is 0 Å². The summed E-state index contributed by atoms with van der Waals surface area (Å²) in [6, 6.07) is 15.4. The highest BCUT2D eigenvalue weighted by Gasteiger charge is 2.23. The van der Waals surface area contributed by atoms with Gasteiger partial charge in [-0.25, -0.2) is 0 Å². The predicted octanol–water partition coefficient (Wildman–Crippen LogP) is 3.55. The maximum absolute atomic E-state index is 6.03. The van der Waals surface area contributed by atoms with Gasteiger partial charge < -0.3 is 24.4 Å². The number of hydrogen-bond donors (Lipinski definition) is 1. The normalized spacial score (nSPS) is 15.4. The molecule has 25 heavy (non-hydrogen) atoms. The van der Waals surface area contributed by atoms with Gasteiger partial charge >= 0.3 is 0 Å². The first-order valence-corrected chi connectivity index (χ1v) is 8.69. The molecule has 0 saturated carbocycles. The molecular formula is C19H22N2O3S. The Bertz CT molecular complexity index is 738. The van der Waals surface area contributed by atoms with Crippen LogP contribution in [0.4, 0.5) is 5.69 Å². The zero-order chi connectivity index (χ0) is 17.6. The lowest BCUT2D eigenvalue weighted by Crippen LogP contribution is -2.45. The Labute approximate surface area is 153 Å². The summed E-state index contributed by atoms with van der Waals surface area (Å²) in [6.45, 7) is 4.00. The summed E-state index contributed by atoms with van der Waals surface area (Å²) in [7, 11) is 1.65. The molecule has 0 radical (unpaired) electrons. The molecule has 1 aliphatic heterocycles. The number of anilines is 1. The molecule has 0 bridgehead atoms. The smallest absolute Gasteiger partial charge is 0.173 e. The minimum Gasteiger partial charge on any atom is -0.497 e. The first-order valence-electron chi connectivity index (χ1n) is 8.28. The van der Waals surface area contributed by atoms with Crippen LogP contribution in [0, 0.1) is 0 Å². The van der Waals surface area contributed by atoms with Crippen molar-refractivity contribution in [3.8, 4) is 17.2 Å². The average Bonchev–Trinajstić information content (AvgIpc) is 2.66. The summed E-state index contributed by atoms with van der Waals surface area (Å²) in [5, 5.41) is 3.91. The van der Waals surface area contributed by atoms with E-state index in [0.29, 0.717) is 18.3 Å². The van der Waals surface area contributed by atoms with E-state index < -0.39 is 0 Å².